The van der Waals surface area contributed by atoms with Crippen molar-refractivity contribution in [2.45, 2.75) is 33.1 Å². The third kappa shape index (κ3) is 2.98. The monoisotopic (exact) mass is 177 g/mol. The van der Waals surface area contributed by atoms with Crippen molar-refractivity contribution in [3.05, 3.63) is 29.6 Å². The van der Waals surface area contributed by atoms with E-state index in [4.69, 9.17) is 0 Å². The number of pyridine rings is 1. The molecule has 2 nitrogen and oxygen atoms in total. The summed E-state index contributed by atoms with van der Waals surface area (Å²) in [7, 11) is 0. The Labute approximate surface area is 79.0 Å². The van der Waals surface area contributed by atoms with Gasteiger partial charge in [0.05, 0.1) is 0 Å². The Kier molecular flexibility index (Phi) is 3.62. The molecule has 0 N–H and O–H groups in total. The Morgan fingerprint density at radius 3 is 2.92 bits per heavy atom. The minimum atomic E-state index is 0.316. The molecule has 13 heavy (non-hydrogen) atoms. The number of carbonyl (C=O) groups is 1. The van der Waals surface area contributed by atoms with E-state index in [9.17, 15) is 4.79 Å². The van der Waals surface area contributed by atoms with Crippen molar-refractivity contribution < 1.29 is 4.79 Å². The van der Waals surface area contributed by atoms with Gasteiger partial charge in [0.25, 0.3) is 0 Å². The number of hydrogen-bond acceptors (Lipinski definition) is 2. The summed E-state index contributed by atoms with van der Waals surface area (Å²) in [4.78, 5) is 15.3. The minimum Gasteiger partial charge on any atom is -0.299 e. The van der Waals surface area contributed by atoms with Gasteiger partial charge >= 0.3 is 0 Å². The molecule has 0 bridgehead atoms. The van der Waals surface area contributed by atoms with Crippen LogP contribution in [0.4, 0.5) is 0 Å². The highest BCUT2D eigenvalue weighted by molar-refractivity contribution is 5.81. The van der Waals surface area contributed by atoms with Crippen molar-refractivity contribution in [3.63, 3.8) is 0 Å². The molecule has 0 aliphatic heterocycles. The summed E-state index contributed by atoms with van der Waals surface area (Å²) in [6.07, 6.45) is 5.71. The molecule has 1 aromatic heterocycles. The first kappa shape index (κ1) is 9.90. The molecule has 0 aliphatic rings. The van der Waals surface area contributed by atoms with E-state index in [0.717, 1.165) is 17.5 Å². The molecule has 1 aromatic rings. The zero-order chi connectivity index (χ0) is 9.68. The first-order valence-electron chi connectivity index (χ1n) is 4.65. The summed E-state index contributed by atoms with van der Waals surface area (Å²) in [5, 5.41) is 0. The molecule has 1 heterocycles. The molecule has 1 rings (SSSR count). The van der Waals surface area contributed by atoms with E-state index in [1.54, 1.807) is 12.4 Å². The highest BCUT2D eigenvalue weighted by Crippen LogP contribution is 2.07. The summed E-state index contributed by atoms with van der Waals surface area (Å²) in [5.74, 6) is 0.316. The summed E-state index contributed by atoms with van der Waals surface area (Å²) in [5.41, 5.74) is 2.21. The van der Waals surface area contributed by atoms with Crippen LogP contribution in [0.1, 0.15) is 30.9 Å². The molecule has 0 fully saturated rings. The van der Waals surface area contributed by atoms with E-state index in [0.29, 0.717) is 18.6 Å². The summed E-state index contributed by atoms with van der Waals surface area (Å²) >= 11 is 0. The second-order valence-electron chi connectivity index (χ2n) is 3.27. The van der Waals surface area contributed by atoms with Crippen LogP contribution in [0, 0.1) is 6.92 Å². The van der Waals surface area contributed by atoms with Crippen molar-refractivity contribution in [3.8, 4) is 0 Å². The number of carbonyl (C=O) groups excluding carboxylic acids is 1. The summed E-state index contributed by atoms with van der Waals surface area (Å²) in [6, 6.07) is 1.92. The molecular formula is C11H15NO. The van der Waals surface area contributed by atoms with Crippen LogP contribution in [0.15, 0.2) is 18.5 Å². The van der Waals surface area contributed by atoms with Gasteiger partial charge in [0.1, 0.15) is 5.78 Å². The number of rotatable bonds is 4. The maximum absolute atomic E-state index is 11.3. The molecule has 0 aromatic carbocycles. The Bertz CT molecular complexity index is 294. The first-order valence-corrected chi connectivity index (χ1v) is 4.65. The van der Waals surface area contributed by atoms with Crippen molar-refractivity contribution in [1.82, 2.24) is 4.98 Å². The number of hydrogen-bond donors (Lipinski definition) is 0. The fourth-order valence-corrected chi connectivity index (χ4v) is 1.28. The Morgan fingerprint density at radius 1 is 1.54 bits per heavy atom. The number of aryl methyl sites for hydroxylation is 1. The van der Waals surface area contributed by atoms with E-state index < -0.39 is 0 Å². The minimum absolute atomic E-state index is 0.316. The van der Waals surface area contributed by atoms with Crippen molar-refractivity contribution >= 4 is 5.78 Å². The van der Waals surface area contributed by atoms with E-state index in [1.807, 2.05) is 19.9 Å². The van der Waals surface area contributed by atoms with Crippen LogP contribution >= 0.6 is 0 Å². The van der Waals surface area contributed by atoms with E-state index >= 15 is 0 Å². The number of ketones is 1. The lowest BCUT2D eigenvalue weighted by atomic mass is 10.0. The molecule has 0 saturated carbocycles. The van der Waals surface area contributed by atoms with Gasteiger partial charge < -0.3 is 0 Å². The zero-order valence-corrected chi connectivity index (χ0v) is 8.21. The molecule has 0 atom stereocenters. The van der Waals surface area contributed by atoms with Gasteiger partial charge in [0.2, 0.25) is 0 Å². The zero-order valence-electron chi connectivity index (χ0n) is 8.21. The first-order chi connectivity index (χ1) is 6.24. The topological polar surface area (TPSA) is 30.0 Å². The predicted octanol–water partition coefficient (Wildman–Crippen LogP) is 2.30. The van der Waals surface area contributed by atoms with Crippen LogP contribution in [0.25, 0.3) is 0 Å². The van der Waals surface area contributed by atoms with Crippen LogP contribution < -0.4 is 0 Å². The highest BCUT2D eigenvalue weighted by atomic mass is 16.1. The number of Topliss-reactive ketones (excluding diaryl/α,β-unsaturated/α-hetero) is 1. The largest absolute Gasteiger partial charge is 0.299 e. The van der Waals surface area contributed by atoms with E-state index in [1.165, 1.54) is 0 Å². The maximum atomic E-state index is 11.3. The molecule has 70 valence electrons. The van der Waals surface area contributed by atoms with Crippen molar-refractivity contribution in [1.29, 1.82) is 0 Å². The normalized spacial score (nSPS) is 10.0. The quantitative estimate of drug-likeness (QED) is 0.706. The van der Waals surface area contributed by atoms with Crippen LogP contribution in [-0.4, -0.2) is 10.8 Å². The van der Waals surface area contributed by atoms with Gasteiger partial charge in [-0.15, -0.1) is 0 Å². The van der Waals surface area contributed by atoms with E-state index in [-0.39, 0.29) is 0 Å². The van der Waals surface area contributed by atoms with Gasteiger partial charge in [0, 0.05) is 25.2 Å². The third-order valence-corrected chi connectivity index (χ3v) is 2.05. The van der Waals surface area contributed by atoms with Gasteiger partial charge in [0.15, 0.2) is 0 Å². The second kappa shape index (κ2) is 4.75. The lowest BCUT2D eigenvalue weighted by Crippen LogP contribution is -2.03. The Balaban J connectivity index is 2.63. The lowest BCUT2D eigenvalue weighted by Gasteiger charge is -2.02. The van der Waals surface area contributed by atoms with Crippen molar-refractivity contribution in [2.75, 3.05) is 0 Å². The van der Waals surface area contributed by atoms with Gasteiger partial charge in [-0.25, -0.2) is 0 Å². The van der Waals surface area contributed by atoms with Crippen molar-refractivity contribution in [2.24, 2.45) is 0 Å². The summed E-state index contributed by atoms with van der Waals surface area (Å²) < 4.78 is 0. The fraction of sp³-hybridized carbons (Fsp3) is 0.455. The smallest absolute Gasteiger partial charge is 0.137 e. The number of nitrogens with zero attached hydrogens (tertiary/aromatic N) is 1. The van der Waals surface area contributed by atoms with Crippen LogP contribution in [-0.2, 0) is 11.2 Å². The molecule has 0 amide bonds. The molecule has 0 unspecified atom stereocenters. The molecule has 0 spiro atoms. The molecular weight excluding hydrogens is 162 g/mol. The SMILES string of the molecule is CCCC(=O)Cc1ccncc1C. The molecule has 0 saturated heterocycles. The van der Waals surface area contributed by atoms with Gasteiger partial charge in [-0.3, -0.25) is 9.78 Å². The summed E-state index contributed by atoms with van der Waals surface area (Å²) in [6.45, 7) is 4.01. The van der Waals surface area contributed by atoms with Gasteiger partial charge in [-0.2, -0.15) is 0 Å². The number of aromatic nitrogens is 1. The molecule has 0 aliphatic carbocycles. The standard InChI is InChI=1S/C11H15NO/c1-3-4-11(13)7-10-5-6-12-8-9(10)2/h5-6,8H,3-4,7H2,1-2H3. The van der Waals surface area contributed by atoms with E-state index in [2.05, 4.69) is 4.98 Å². The predicted molar refractivity (Wildman–Crippen MR) is 52.6 cm³/mol. The Morgan fingerprint density at radius 2 is 2.31 bits per heavy atom. The fourth-order valence-electron chi connectivity index (χ4n) is 1.28. The maximum Gasteiger partial charge on any atom is 0.137 e. The van der Waals surface area contributed by atoms with Gasteiger partial charge in [-0.05, 0) is 30.5 Å². The van der Waals surface area contributed by atoms with Gasteiger partial charge in [-0.1, -0.05) is 6.92 Å². The Hall–Kier alpha value is -1.18. The second-order valence-corrected chi connectivity index (χ2v) is 3.27. The molecule has 0 radical (unpaired) electrons. The lowest BCUT2D eigenvalue weighted by molar-refractivity contribution is -0.118. The average molecular weight is 177 g/mol. The molecule has 2 heteroatoms. The highest BCUT2D eigenvalue weighted by Gasteiger charge is 2.04. The van der Waals surface area contributed by atoms with Crippen LogP contribution in [0.2, 0.25) is 0 Å². The third-order valence-electron chi connectivity index (χ3n) is 2.05. The van der Waals surface area contributed by atoms with Crippen LogP contribution in [0.3, 0.4) is 0 Å². The average Bonchev–Trinajstić information content (AvgIpc) is 2.09. The van der Waals surface area contributed by atoms with Crippen LogP contribution in [0.5, 0.6) is 0 Å².